The lowest BCUT2D eigenvalue weighted by Gasteiger charge is -2.41. The molecule has 0 aliphatic carbocycles. The highest BCUT2D eigenvalue weighted by molar-refractivity contribution is 7.98. The number of nitrogens with zero attached hydrogens (tertiary/aromatic N) is 2. The molecule has 1 aromatic carbocycles. The molecule has 2 atom stereocenters. The molecule has 0 N–H and O–H groups in total. The topological polar surface area (TPSA) is 68.7 Å². The fourth-order valence-corrected chi connectivity index (χ4v) is 6.39. The summed E-state index contributed by atoms with van der Waals surface area (Å²) in [7, 11) is 1.62. The van der Waals surface area contributed by atoms with E-state index in [0.29, 0.717) is 23.5 Å². The Morgan fingerprint density at radius 3 is 2.37 bits per heavy atom. The van der Waals surface area contributed by atoms with Crippen molar-refractivity contribution in [2.24, 2.45) is 5.92 Å². The zero-order chi connectivity index (χ0) is 28.5. The number of carbonyl (C=O) groups excluding carboxylic acids is 2. The lowest BCUT2D eigenvalue weighted by Crippen LogP contribution is -2.56. The molecular formula is C30H42N2O4S2. The van der Waals surface area contributed by atoms with Crippen LogP contribution in [0.1, 0.15) is 88.8 Å². The molecule has 2 heterocycles. The Labute approximate surface area is 236 Å². The van der Waals surface area contributed by atoms with Gasteiger partial charge in [0, 0.05) is 22.9 Å². The van der Waals surface area contributed by atoms with Crippen LogP contribution in [-0.2, 0) is 14.9 Å². The van der Waals surface area contributed by atoms with Gasteiger partial charge in [0.05, 0.1) is 7.11 Å². The highest BCUT2D eigenvalue weighted by Crippen LogP contribution is 2.48. The summed E-state index contributed by atoms with van der Waals surface area (Å²) in [5.41, 5.74) is 0.332. The number of amides is 1. The summed E-state index contributed by atoms with van der Waals surface area (Å²) >= 11 is 3.16. The third kappa shape index (κ3) is 6.28. The number of thioether (sulfide) groups is 1. The summed E-state index contributed by atoms with van der Waals surface area (Å²) in [6.07, 6.45) is 6.20. The second kappa shape index (κ2) is 11.4. The van der Waals surface area contributed by atoms with Gasteiger partial charge in [0.2, 0.25) is 0 Å². The van der Waals surface area contributed by atoms with Crippen LogP contribution in [0, 0.1) is 5.92 Å². The summed E-state index contributed by atoms with van der Waals surface area (Å²) in [4.78, 5) is 35.1. The Bertz CT molecular complexity index is 1180. The molecular weight excluding hydrogens is 516 g/mol. The van der Waals surface area contributed by atoms with Gasteiger partial charge in [0.1, 0.15) is 22.4 Å². The van der Waals surface area contributed by atoms with E-state index in [1.54, 1.807) is 36.0 Å². The van der Waals surface area contributed by atoms with Crippen molar-refractivity contribution in [1.29, 1.82) is 0 Å². The first-order valence-electron chi connectivity index (χ1n) is 13.0. The Morgan fingerprint density at radius 2 is 1.87 bits per heavy atom. The average molecular weight is 559 g/mol. The van der Waals surface area contributed by atoms with Crippen molar-refractivity contribution in [2.75, 3.05) is 19.1 Å². The van der Waals surface area contributed by atoms with Crippen molar-refractivity contribution in [3.05, 3.63) is 57.6 Å². The number of rotatable bonds is 8. The largest absolute Gasteiger partial charge is 0.496 e. The number of thiazole rings is 1. The number of hydrogen-bond acceptors (Lipinski definition) is 7. The monoisotopic (exact) mass is 558 g/mol. The van der Waals surface area contributed by atoms with Crippen molar-refractivity contribution >= 4 is 35.0 Å². The fourth-order valence-electron chi connectivity index (χ4n) is 5.05. The maximum atomic E-state index is 14.6. The van der Waals surface area contributed by atoms with Gasteiger partial charge in [-0.05, 0) is 74.1 Å². The van der Waals surface area contributed by atoms with Gasteiger partial charge in [-0.2, -0.15) is 11.8 Å². The lowest BCUT2D eigenvalue weighted by atomic mass is 9.85. The van der Waals surface area contributed by atoms with Gasteiger partial charge in [-0.15, -0.1) is 11.3 Å². The third-order valence-corrected chi connectivity index (χ3v) is 7.86. The zero-order valence-electron chi connectivity index (χ0n) is 24.4. The van der Waals surface area contributed by atoms with Crippen molar-refractivity contribution in [2.45, 2.75) is 84.4 Å². The Morgan fingerprint density at radius 1 is 1.18 bits per heavy atom. The molecule has 208 valence electrons. The molecule has 0 saturated carbocycles. The Kier molecular flexibility index (Phi) is 9.09. The molecule has 0 saturated heterocycles. The highest BCUT2D eigenvalue weighted by Gasteiger charge is 2.56. The van der Waals surface area contributed by atoms with E-state index >= 15 is 0 Å². The second-order valence-corrected chi connectivity index (χ2v) is 14.1. The standard InChI is InChI=1S/C30H42N2O4S2/c1-19(2)16-30(27(34)36-29(6,7)8)17-21(18-37-10)24(25-31-13-14-38-25)32(30)26(33)20-11-12-22(28(3,4)5)23(15-20)35-9/h11-15,17,19,24H,16,18H2,1-10H3/t24-,30+/m1/s1. The Hall–Kier alpha value is -2.32. The molecule has 1 aliphatic heterocycles. The molecule has 8 heteroatoms. The van der Waals surface area contributed by atoms with Crippen LogP contribution < -0.4 is 4.74 Å². The number of carbonyl (C=O) groups is 2. The van der Waals surface area contributed by atoms with Crippen molar-refractivity contribution < 1.29 is 19.1 Å². The van der Waals surface area contributed by atoms with Gasteiger partial charge < -0.3 is 14.4 Å². The van der Waals surface area contributed by atoms with Gasteiger partial charge in [-0.3, -0.25) is 4.79 Å². The van der Waals surface area contributed by atoms with Crippen LogP contribution in [0.3, 0.4) is 0 Å². The minimum atomic E-state index is -1.27. The predicted octanol–water partition coefficient (Wildman–Crippen LogP) is 7.06. The van der Waals surface area contributed by atoms with E-state index in [9.17, 15) is 9.59 Å². The van der Waals surface area contributed by atoms with E-state index in [-0.39, 0.29) is 17.2 Å². The summed E-state index contributed by atoms with van der Waals surface area (Å²) in [5.74, 6) is 0.781. The van der Waals surface area contributed by atoms with E-state index < -0.39 is 23.2 Å². The minimum absolute atomic E-state index is 0.123. The van der Waals surface area contributed by atoms with Gasteiger partial charge in [0.15, 0.2) is 5.54 Å². The van der Waals surface area contributed by atoms with Crippen molar-refractivity contribution in [3.63, 3.8) is 0 Å². The first-order valence-corrected chi connectivity index (χ1v) is 15.3. The fraction of sp³-hybridized carbons (Fsp3) is 0.567. The molecule has 1 amide bonds. The van der Waals surface area contributed by atoms with Gasteiger partial charge in [0.25, 0.3) is 5.91 Å². The maximum absolute atomic E-state index is 14.6. The Balaban J connectivity index is 2.27. The number of ether oxygens (including phenoxy) is 2. The minimum Gasteiger partial charge on any atom is -0.496 e. The summed E-state index contributed by atoms with van der Waals surface area (Å²) in [6.45, 7) is 16.0. The maximum Gasteiger partial charge on any atom is 0.336 e. The van der Waals surface area contributed by atoms with E-state index in [1.807, 2.05) is 50.6 Å². The van der Waals surface area contributed by atoms with E-state index in [0.717, 1.165) is 16.1 Å². The van der Waals surface area contributed by atoms with Crippen LogP contribution in [-0.4, -0.2) is 52.0 Å². The quantitative estimate of drug-likeness (QED) is 0.255. The number of esters is 1. The van der Waals surface area contributed by atoms with Crippen LogP contribution in [0.2, 0.25) is 0 Å². The number of aromatic nitrogens is 1. The summed E-state index contributed by atoms with van der Waals surface area (Å²) in [6, 6.07) is 5.12. The second-order valence-electron chi connectivity index (χ2n) is 12.3. The average Bonchev–Trinajstić information content (AvgIpc) is 3.43. The van der Waals surface area contributed by atoms with Crippen molar-refractivity contribution in [3.8, 4) is 5.75 Å². The molecule has 0 bridgehead atoms. The molecule has 1 aromatic heterocycles. The molecule has 2 aromatic rings. The van der Waals surface area contributed by atoms with Crippen LogP contribution >= 0.6 is 23.1 Å². The first kappa shape index (κ1) is 30.2. The van der Waals surface area contributed by atoms with Crippen molar-refractivity contribution in [1.82, 2.24) is 9.88 Å². The number of benzene rings is 1. The zero-order valence-corrected chi connectivity index (χ0v) is 26.0. The number of methoxy groups -OCH3 is 1. The van der Waals surface area contributed by atoms with Crippen LogP contribution in [0.5, 0.6) is 5.75 Å². The summed E-state index contributed by atoms with van der Waals surface area (Å²) < 4.78 is 11.7. The number of hydrogen-bond donors (Lipinski definition) is 0. The van der Waals surface area contributed by atoms with Gasteiger partial charge in [-0.1, -0.05) is 40.7 Å². The normalized spacial score (nSPS) is 20.0. The smallest absolute Gasteiger partial charge is 0.336 e. The lowest BCUT2D eigenvalue weighted by molar-refractivity contribution is -0.166. The van der Waals surface area contributed by atoms with Crippen LogP contribution in [0.25, 0.3) is 0 Å². The molecule has 3 rings (SSSR count). The van der Waals surface area contributed by atoms with E-state index in [1.165, 1.54) is 11.3 Å². The molecule has 0 radical (unpaired) electrons. The molecule has 38 heavy (non-hydrogen) atoms. The molecule has 0 fully saturated rings. The third-order valence-electron chi connectivity index (χ3n) is 6.41. The van der Waals surface area contributed by atoms with E-state index in [2.05, 4.69) is 39.6 Å². The SMILES string of the molecule is COc1cc(C(=O)N2[C@@H](c3nccs3)C(CSC)=C[C@@]2(CC(C)C)C(=O)OC(C)(C)C)ccc1C(C)(C)C. The molecule has 6 nitrogen and oxygen atoms in total. The summed E-state index contributed by atoms with van der Waals surface area (Å²) in [5, 5.41) is 2.69. The van der Waals surface area contributed by atoms with Gasteiger partial charge in [-0.25, -0.2) is 9.78 Å². The molecule has 0 unspecified atom stereocenters. The van der Waals surface area contributed by atoms with Crippen LogP contribution in [0.4, 0.5) is 0 Å². The molecule has 0 spiro atoms. The van der Waals surface area contributed by atoms with Gasteiger partial charge >= 0.3 is 5.97 Å². The highest BCUT2D eigenvalue weighted by atomic mass is 32.2. The van der Waals surface area contributed by atoms with Crippen LogP contribution in [0.15, 0.2) is 41.4 Å². The first-order chi connectivity index (χ1) is 17.6. The molecule has 1 aliphatic rings. The predicted molar refractivity (Wildman–Crippen MR) is 157 cm³/mol. The van der Waals surface area contributed by atoms with E-state index in [4.69, 9.17) is 9.47 Å².